The highest BCUT2D eigenvalue weighted by atomic mass is 16.4. The molecule has 98 valence electrons. The number of nitrogens with one attached hydrogen (secondary N) is 1. The zero-order valence-electron chi connectivity index (χ0n) is 10.7. The summed E-state index contributed by atoms with van der Waals surface area (Å²) in [5.41, 5.74) is 0.277. The summed E-state index contributed by atoms with van der Waals surface area (Å²) in [6, 6.07) is 0.266. The zero-order valence-corrected chi connectivity index (χ0v) is 10.7. The Balaban J connectivity index is 2.11. The second-order valence-corrected chi connectivity index (χ2v) is 5.50. The van der Waals surface area contributed by atoms with E-state index in [9.17, 15) is 9.90 Å². The Morgan fingerprint density at radius 1 is 1.41 bits per heavy atom. The van der Waals surface area contributed by atoms with E-state index in [4.69, 9.17) is 0 Å². The van der Waals surface area contributed by atoms with Gasteiger partial charge in [0.05, 0.1) is 0 Å². The quantitative estimate of drug-likeness (QED) is 0.796. The molecule has 2 heterocycles. The molecule has 2 fully saturated rings. The van der Waals surface area contributed by atoms with Gasteiger partial charge in [0, 0.05) is 12.6 Å². The monoisotopic (exact) mass is 240 g/mol. The van der Waals surface area contributed by atoms with E-state index in [1.165, 1.54) is 0 Å². The van der Waals surface area contributed by atoms with E-state index < -0.39 is 6.09 Å². The molecule has 1 spiro atoms. The van der Waals surface area contributed by atoms with Crippen LogP contribution in [0.2, 0.25) is 0 Å². The molecule has 1 atom stereocenters. The largest absolute Gasteiger partial charge is 0.465 e. The number of hydrogen-bond acceptors (Lipinski definition) is 2. The second kappa shape index (κ2) is 5.25. The molecule has 17 heavy (non-hydrogen) atoms. The van der Waals surface area contributed by atoms with Gasteiger partial charge in [-0.25, -0.2) is 4.79 Å². The standard InChI is InChI=1S/C13H24N2O2/c1-2-3-4-11-13(5-8-14-9-6-13)7-10-15(11)12(16)17/h11,14H,2-10H2,1H3,(H,16,17). The fraction of sp³-hybridized carbons (Fsp3) is 0.923. The van der Waals surface area contributed by atoms with Crippen molar-refractivity contribution >= 4 is 6.09 Å². The molecular weight excluding hydrogens is 216 g/mol. The Hall–Kier alpha value is -0.770. The van der Waals surface area contributed by atoms with Crippen LogP contribution in [0.25, 0.3) is 0 Å². The number of carbonyl (C=O) groups is 1. The summed E-state index contributed by atoms with van der Waals surface area (Å²) in [5.74, 6) is 0. The first-order valence-corrected chi connectivity index (χ1v) is 6.90. The topological polar surface area (TPSA) is 52.6 Å². The summed E-state index contributed by atoms with van der Waals surface area (Å²) >= 11 is 0. The third-order valence-electron chi connectivity index (χ3n) is 4.61. The van der Waals surface area contributed by atoms with Crippen LogP contribution in [0.15, 0.2) is 0 Å². The molecule has 2 aliphatic rings. The molecule has 2 N–H and O–H groups in total. The van der Waals surface area contributed by atoms with Crippen molar-refractivity contribution in [3.05, 3.63) is 0 Å². The molecule has 0 aliphatic carbocycles. The van der Waals surface area contributed by atoms with Gasteiger partial charge in [0.25, 0.3) is 0 Å². The molecule has 0 aromatic heterocycles. The van der Waals surface area contributed by atoms with Crippen LogP contribution in [0, 0.1) is 5.41 Å². The van der Waals surface area contributed by atoms with Crippen LogP contribution >= 0.6 is 0 Å². The summed E-state index contributed by atoms with van der Waals surface area (Å²) in [6.45, 7) is 5.02. The number of hydrogen-bond donors (Lipinski definition) is 2. The van der Waals surface area contributed by atoms with E-state index >= 15 is 0 Å². The second-order valence-electron chi connectivity index (χ2n) is 5.50. The van der Waals surface area contributed by atoms with Gasteiger partial charge in [-0.15, -0.1) is 0 Å². The average molecular weight is 240 g/mol. The van der Waals surface area contributed by atoms with Gasteiger partial charge in [-0.1, -0.05) is 19.8 Å². The fourth-order valence-electron chi connectivity index (χ4n) is 3.59. The lowest BCUT2D eigenvalue weighted by molar-refractivity contribution is 0.0918. The van der Waals surface area contributed by atoms with Crippen molar-refractivity contribution < 1.29 is 9.90 Å². The smallest absolute Gasteiger partial charge is 0.407 e. The molecule has 2 rings (SSSR count). The van der Waals surface area contributed by atoms with Crippen molar-refractivity contribution in [3.63, 3.8) is 0 Å². The molecule has 1 unspecified atom stereocenters. The van der Waals surface area contributed by atoms with Crippen molar-refractivity contribution in [2.45, 2.75) is 51.5 Å². The van der Waals surface area contributed by atoms with Crippen molar-refractivity contribution in [2.24, 2.45) is 5.41 Å². The SMILES string of the molecule is CCCCC1N(C(=O)O)CCC12CCNCC2. The van der Waals surface area contributed by atoms with Gasteiger partial charge >= 0.3 is 6.09 Å². The number of unbranched alkanes of at least 4 members (excludes halogenated alkanes) is 1. The summed E-state index contributed by atoms with van der Waals surface area (Å²) < 4.78 is 0. The number of likely N-dealkylation sites (tertiary alicyclic amines) is 1. The van der Waals surface area contributed by atoms with Gasteiger partial charge in [-0.05, 0) is 44.2 Å². The molecule has 4 nitrogen and oxygen atoms in total. The summed E-state index contributed by atoms with van der Waals surface area (Å²) in [4.78, 5) is 13.0. The Bertz CT molecular complexity index is 275. The fourth-order valence-corrected chi connectivity index (χ4v) is 3.59. The molecule has 0 saturated carbocycles. The van der Waals surface area contributed by atoms with E-state index in [1.54, 1.807) is 4.90 Å². The maximum absolute atomic E-state index is 11.3. The van der Waals surface area contributed by atoms with E-state index in [1.807, 2.05) is 0 Å². The van der Waals surface area contributed by atoms with Crippen molar-refractivity contribution in [1.29, 1.82) is 0 Å². The normalized spacial score (nSPS) is 27.6. The number of nitrogens with zero attached hydrogens (tertiary/aromatic N) is 1. The van der Waals surface area contributed by atoms with Crippen LogP contribution in [0.1, 0.15) is 45.4 Å². The molecule has 0 bridgehead atoms. The molecule has 0 aromatic carbocycles. The van der Waals surface area contributed by atoms with Gasteiger partial charge in [-0.2, -0.15) is 0 Å². The Morgan fingerprint density at radius 2 is 2.12 bits per heavy atom. The predicted octanol–water partition coefficient (Wildman–Crippen LogP) is 2.30. The lowest BCUT2D eigenvalue weighted by atomic mass is 9.71. The van der Waals surface area contributed by atoms with Gasteiger partial charge in [-0.3, -0.25) is 0 Å². The summed E-state index contributed by atoms with van der Waals surface area (Å²) in [6.07, 6.45) is 5.97. The molecule has 0 aromatic rings. The molecule has 2 aliphatic heterocycles. The third kappa shape index (κ3) is 2.41. The highest BCUT2D eigenvalue weighted by Crippen LogP contribution is 2.45. The highest BCUT2D eigenvalue weighted by Gasteiger charge is 2.48. The average Bonchev–Trinajstić information content (AvgIpc) is 2.66. The number of piperidine rings is 1. The van der Waals surface area contributed by atoms with Crippen molar-refractivity contribution in [2.75, 3.05) is 19.6 Å². The Labute approximate surface area is 103 Å². The molecule has 2 saturated heterocycles. The van der Waals surface area contributed by atoms with Crippen LogP contribution in [0.3, 0.4) is 0 Å². The summed E-state index contributed by atoms with van der Waals surface area (Å²) in [7, 11) is 0. The molecule has 1 amide bonds. The van der Waals surface area contributed by atoms with E-state index in [-0.39, 0.29) is 11.5 Å². The molecular formula is C13H24N2O2. The van der Waals surface area contributed by atoms with Gasteiger partial charge < -0.3 is 15.3 Å². The van der Waals surface area contributed by atoms with Gasteiger partial charge in [0.1, 0.15) is 0 Å². The van der Waals surface area contributed by atoms with Gasteiger partial charge in [0.15, 0.2) is 0 Å². The van der Waals surface area contributed by atoms with Crippen molar-refractivity contribution in [3.8, 4) is 0 Å². The van der Waals surface area contributed by atoms with Crippen molar-refractivity contribution in [1.82, 2.24) is 10.2 Å². The maximum Gasteiger partial charge on any atom is 0.407 e. The first-order valence-electron chi connectivity index (χ1n) is 6.90. The maximum atomic E-state index is 11.3. The van der Waals surface area contributed by atoms with E-state index in [0.717, 1.165) is 58.2 Å². The molecule has 0 radical (unpaired) electrons. The van der Waals surface area contributed by atoms with Gasteiger partial charge in [0.2, 0.25) is 0 Å². The van der Waals surface area contributed by atoms with Crippen LogP contribution in [-0.2, 0) is 0 Å². The number of rotatable bonds is 3. The summed E-state index contributed by atoms with van der Waals surface area (Å²) in [5, 5.41) is 12.7. The molecule has 4 heteroatoms. The van der Waals surface area contributed by atoms with Crippen LogP contribution < -0.4 is 5.32 Å². The Kier molecular flexibility index (Phi) is 3.92. The first-order chi connectivity index (χ1) is 8.19. The minimum absolute atomic E-state index is 0.266. The van der Waals surface area contributed by atoms with Crippen LogP contribution in [0.4, 0.5) is 4.79 Å². The third-order valence-corrected chi connectivity index (χ3v) is 4.61. The lowest BCUT2D eigenvalue weighted by Crippen LogP contribution is -2.47. The predicted molar refractivity (Wildman–Crippen MR) is 67.2 cm³/mol. The highest BCUT2D eigenvalue weighted by molar-refractivity contribution is 5.66. The number of amides is 1. The van der Waals surface area contributed by atoms with Crippen LogP contribution in [-0.4, -0.2) is 41.8 Å². The minimum atomic E-state index is -0.721. The van der Waals surface area contributed by atoms with E-state index in [0.29, 0.717) is 0 Å². The van der Waals surface area contributed by atoms with Crippen LogP contribution in [0.5, 0.6) is 0 Å². The number of carboxylic acid groups (broad SMARTS) is 1. The zero-order chi connectivity index (χ0) is 12.3. The van der Waals surface area contributed by atoms with E-state index in [2.05, 4.69) is 12.2 Å². The first kappa shape index (κ1) is 12.7. The minimum Gasteiger partial charge on any atom is -0.465 e. The Morgan fingerprint density at radius 3 is 2.71 bits per heavy atom. The lowest BCUT2D eigenvalue weighted by Gasteiger charge is -2.40.